The van der Waals surface area contributed by atoms with E-state index in [1.807, 2.05) is 0 Å². The van der Waals surface area contributed by atoms with Gasteiger partial charge in [0, 0.05) is 12.4 Å². The molecule has 0 aliphatic carbocycles. The van der Waals surface area contributed by atoms with Crippen LogP contribution < -0.4 is 0 Å². The van der Waals surface area contributed by atoms with Crippen molar-refractivity contribution in [1.29, 1.82) is 0 Å². The van der Waals surface area contributed by atoms with Gasteiger partial charge in [-0.3, -0.25) is 4.98 Å². The summed E-state index contributed by atoms with van der Waals surface area (Å²) in [7, 11) is 0. The van der Waals surface area contributed by atoms with Crippen molar-refractivity contribution in [3.05, 3.63) is 29.6 Å². The normalized spacial score (nSPS) is 10.4. The van der Waals surface area contributed by atoms with Crippen LogP contribution in [0.1, 0.15) is 79.0 Å². The van der Waals surface area contributed by atoms with Gasteiger partial charge in [-0.25, -0.2) is 9.59 Å². The molecule has 22 heavy (non-hydrogen) atoms. The number of aromatic nitrogens is 1. The maximum atomic E-state index is 11.8. The fraction of sp³-hybridized carbons (Fsp3) is 0.588. The van der Waals surface area contributed by atoms with E-state index in [0.29, 0.717) is 6.61 Å². The second kappa shape index (κ2) is 10.8. The van der Waals surface area contributed by atoms with Crippen LogP contribution in [0.25, 0.3) is 0 Å². The molecular weight excluding hydrogens is 282 g/mol. The summed E-state index contributed by atoms with van der Waals surface area (Å²) in [6.07, 6.45) is 12.0. The maximum absolute atomic E-state index is 11.8. The zero-order valence-electron chi connectivity index (χ0n) is 13.2. The van der Waals surface area contributed by atoms with E-state index in [0.717, 1.165) is 19.3 Å². The molecule has 0 saturated heterocycles. The average molecular weight is 307 g/mol. The molecule has 0 spiro atoms. The van der Waals surface area contributed by atoms with Gasteiger partial charge in [0.2, 0.25) is 0 Å². The molecule has 0 fully saturated rings. The predicted octanol–water partition coefficient (Wildman–Crippen LogP) is 4.08. The lowest BCUT2D eigenvalue weighted by Gasteiger charge is -2.05. The molecule has 0 atom stereocenters. The van der Waals surface area contributed by atoms with Gasteiger partial charge in [0.25, 0.3) is 0 Å². The number of carboxylic acids is 1. The summed E-state index contributed by atoms with van der Waals surface area (Å²) < 4.78 is 5.14. The first-order valence-electron chi connectivity index (χ1n) is 8.00. The quantitative estimate of drug-likeness (QED) is 0.492. The van der Waals surface area contributed by atoms with Crippen molar-refractivity contribution < 1.29 is 19.4 Å². The van der Waals surface area contributed by atoms with Crippen LogP contribution >= 0.6 is 0 Å². The van der Waals surface area contributed by atoms with Crippen LogP contribution in [0.5, 0.6) is 0 Å². The second-order valence-corrected chi connectivity index (χ2v) is 5.38. The molecule has 0 aliphatic rings. The summed E-state index contributed by atoms with van der Waals surface area (Å²) in [6, 6.07) is 1.28. The summed E-state index contributed by atoms with van der Waals surface area (Å²) in [5.74, 6) is -1.62. The van der Waals surface area contributed by atoms with Gasteiger partial charge >= 0.3 is 11.9 Å². The number of pyridine rings is 1. The molecule has 5 heteroatoms. The number of hydrogen-bond donors (Lipinski definition) is 1. The number of unbranched alkanes of at least 4 members (excludes halogenated alkanes) is 7. The van der Waals surface area contributed by atoms with Crippen molar-refractivity contribution in [2.24, 2.45) is 0 Å². The number of hydrogen-bond acceptors (Lipinski definition) is 4. The molecule has 0 aromatic carbocycles. The lowest BCUT2D eigenvalue weighted by atomic mass is 10.1. The number of carboxylic acid groups (broad SMARTS) is 1. The summed E-state index contributed by atoms with van der Waals surface area (Å²) in [6.45, 7) is 2.57. The van der Waals surface area contributed by atoms with Gasteiger partial charge < -0.3 is 9.84 Å². The third-order valence-corrected chi connectivity index (χ3v) is 3.45. The fourth-order valence-electron chi connectivity index (χ4n) is 2.15. The second-order valence-electron chi connectivity index (χ2n) is 5.38. The lowest BCUT2D eigenvalue weighted by molar-refractivity contribution is 0.0497. The highest BCUT2D eigenvalue weighted by molar-refractivity contribution is 5.93. The van der Waals surface area contributed by atoms with Crippen molar-refractivity contribution in [2.75, 3.05) is 6.61 Å². The van der Waals surface area contributed by atoms with Crippen LogP contribution in [0.3, 0.4) is 0 Å². The minimum Gasteiger partial charge on any atom is -0.478 e. The van der Waals surface area contributed by atoms with Crippen molar-refractivity contribution in [2.45, 2.75) is 58.3 Å². The smallest absolute Gasteiger partial charge is 0.339 e. The van der Waals surface area contributed by atoms with Crippen LogP contribution in [0.15, 0.2) is 18.5 Å². The molecule has 0 aliphatic heterocycles. The van der Waals surface area contributed by atoms with Crippen LogP contribution in [0.2, 0.25) is 0 Å². The molecule has 1 N–H and O–H groups in total. The number of nitrogens with zero attached hydrogens (tertiary/aromatic N) is 1. The minimum atomic E-state index is -1.11. The zero-order chi connectivity index (χ0) is 16.2. The Labute approximate surface area is 131 Å². The Kier molecular flexibility index (Phi) is 8.88. The minimum absolute atomic E-state index is 0.0125. The highest BCUT2D eigenvalue weighted by atomic mass is 16.5. The molecule has 0 unspecified atom stereocenters. The number of aromatic carboxylic acids is 1. The Bertz CT molecular complexity index is 473. The summed E-state index contributed by atoms with van der Waals surface area (Å²) >= 11 is 0. The summed E-state index contributed by atoms with van der Waals surface area (Å²) in [5.41, 5.74) is 0.168. The molecule has 0 amide bonds. The zero-order valence-corrected chi connectivity index (χ0v) is 13.2. The first-order valence-corrected chi connectivity index (χ1v) is 8.00. The van der Waals surface area contributed by atoms with Crippen molar-refractivity contribution in [3.8, 4) is 0 Å². The van der Waals surface area contributed by atoms with Crippen LogP contribution in [0, 0.1) is 0 Å². The van der Waals surface area contributed by atoms with Crippen molar-refractivity contribution in [1.82, 2.24) is 4.98 Å². The van der Waals surface area contributed by atoms with Gasteiger partial charge in [-0.1, -0.05) is 51.9 Å². The highest BCUT2D eigenvalue weighted by Gasteiger charge is 2.11. The lowest BCUT2D eigenvalue weighted by Crippen LogP contribution is -2.08. The van der Waals surface area contributed by atoms with E-state index < -0.39 is 11.9 Å². The molecule has 1 rings (SSSR count). The third-order valence-electron chi connectivity index (χ3n) is 3.45. The van der Waals surface area contributed by atoms with E-state index in [9.17, 15) is 9.59 Å². The first kappa shape index (κ1) is 18.1. The monoisotopic (exact) mass is 307 g/mol. The topological polar surface area (TPSA) is 76.5 Å². The molecule has 0 saturated carbocycles. The average Bonchev–Trinajstić information content (AvgIpc) is 2.53. The van der Waals surface area contributed by atoms with Crippen molar-refractivity contribution >= 4 is 11.9 Å². The molecular formula is C17H25NO4. The molecule has 1 aromatic heterocycles. The molecule has 0 bridgehead atoms. The molecule has 0 radical (unpaired) electrons. The van der Waals surface area contributed by atoms with Crippen LogP contribution in [-0.4, -0.2) is 28.6 Å². The third kappa shape index (κ3) is 7.20. The van der Waals surface area contributed by atoms with E-state index in [1.165, 1.54) is 50.6 Å². The number of carbonyl (C=O) groups excluding carboxylic acids is 1. The number of carbonyl (C=O) groups is 2. The van der Waals surface area contributed by atoms with Gasteiger partial charge in [-0.15, -0.1) is 0 Å². The van der Waals surface area contributed by atoms with E-state index >= 15 is 0 Å². The van der Waals surface area contributed by atoms with Crippen LogP contribution in [0.4, 0.5) is 0 Å². The van der Waals surface area contributed by atoms with Gasteiger partial charge in [-0.05, 0) is 12.5 Å². The van der Waals surface area contributed by atoms with Crippen LogP contribution in [-0.2, 0) is 4.74 Å². The maximum Gasteiger partial charge on any atom is 0.339 e. The van der Waals surface area contributed by atoms with E-state index in [-0.39, 0.29) is 11.1 Å². The summed E-state index contributed by atoms with van der Waals surface area (Å²) in [4.78, 5) is 26.3. The molecule has 1 aromatic rings. The largest absolute Gasteiger partial charge is 0.478 e. The number of ether oxygens (including phenoxy) is 1. The first-order chi connectivity index (χ1) is 10.6. The Morgan fingerprint density at radius 1 is 1.00 bits per heavy atom. The Hall–Kier alpha value is -1.91. The molecule has 1 heterocycles. The van der Waals surface area contributed by atoms with Gasteiger partial charge in [0.05, 0.1) is 17.7 Å². The number of esters is 1. The van der Waals surface area contributed by atoms with E-state index in [2.05, 4.69) is 11.9 Å². The molecule has 122 valence electrons. The summed E-state index contributed by atoms with van der Waals surface area (Å²) in [5, 5.41) is 8.85. The fourth-order valence-corrected chi connectivity index (χ4v) is 2.15. The standard InChI is InChI=1S/C17H25NO4/c1-2-3-4-5-6-7-8-9-10-22-17(21)15-11-14(16(19)20)12-18-13-15/h11-13H,2-10H2,1H3,(H,19,20). The Morgan fingerprint density at radius 3 is 2.23 bits per heavy atom. The van der Waals surface area contributed by atoms with E-state index in [1.54, 1.807) is 0 Å². The van der Waals surface area contributed by atoms with Gasteiger partial charge in [0.15, 0.2) is 0 Å². The SMILES string of the molecule is CCCCCCCCCCOC(=O)c1cncc(C(=O)O)c1. The van der Waals surface area contributed by atoms with Crippen molar-refractivity contribution in [3.63, 3.8) is 0 Å². The highest BCUT2D eigenvalue weighted by Crippen LogP contribution is 2.09. The predicted molar refractivity (Wildman–Crippen MR) is 84.1 cm³/mol. The Balaban J connectivity index is 2.16. The molecule has 5 nitrogen and oxygen atoms in total. The van der Waals surface area contributed by atoms with E-state index in [4.69, 9.17) is 9.84 Å². The Morgan fingerprint density at radius 2 is 1.59 bits per heavy atom. The van der Waals surface area contributed by atoms with Gasteiger partial charge in [-0.2, -0.15) is 0 Å². The van der Waals surface area contributed by atoms with Gasteiger partial charge in [0.1, 0.15) is 0 Å². The number of rotatable bonds is 11.